The molecule has 0 spiro atoms. The number of rotatable bonds is 2. The van der Waals surface area contributed by atoms with Crippen LogP contribution in [0.2, 0.25) is 0 Å². The standard InChI is InChI=1S/C12H24N4O2/c1-3-18-12(17)16-5-4-13-10-11(16)15-8-6-14(2)7-9-15/h11,13H,3-10H2,1-2H3. The highest BCUT2D eigenvalue weighted by Gasteiger charge is 2.33. The molecule has 0 radical (unpaired) electrons. The summed E-state index contributed by atoms with van der Waals surface area (Å²) in [5, 5.41) is 3.37. The third-order valence-corrected chi connectivity index (χ3v) is 3.68. The van der Waals surface area contributed by atoms with Gasteiger partial charge in [-0.2, -0.15) is 0 Å². The third kappa shape index (κ3) is 3.13. The van der Waals surface area contributed by atoms with E-state index in [0.29, 0.717) is 6.61 Å². The van der Waals surface area contributed by atoms with Crippen molar-refractivity contribution in [3.05, 3.63) is 0 Å². The molecule has 0 aliphatic carbocycles. The van der Waals surface area contributed by atoms with Gasteiger partial charge < -0.3 is 15.0 Å². The van der Waals surface area contributed by atoms with Crippen LogP contribution in [0.1, 0.15) is 6.92 Å². The predicted molar refractivity (Wildman–Crippen MR) is 69.5 cm³/mol. The van der Waals surface area contributed by atoms with E-state index in [-0.39, 0.29) is 12.3 Å². The van der Waals surface area contributed by atoms with Gasteiger partial charge in [-0.3, -0.25) is 9.80 Å². The summed E-state index contributed by atoms with van der Waals surface area (Å²) in [6, 6.07) is 0. The summed E-state index contributed by atoms with van der Waals surface area (Å²) in [5.41, 5.74) is 0. The first-order chi connectivity index (χ1) is 8.72. The summed E-state index contributed by atoms with van der Waals surface area (Å²) in [5.74, 6) is 0. The van der Waals surface area contributed by atoms with E-state index in [2.05, 4.69) is 22.2 Å². The molecule has 2 aliphatic rings. The molecule has 1 amide bonds. The average molecular weight is 256 g/mol. The Hall–Kier alpha value is -0.850. The second kappa shape index (κ2) is 6.36. The van der Waals surface area contributed by atoms with E-state index >= 15 is 0 Å². The summed E-state index contributed by atoms with van der Waals surface area (Å²) in [7, 11) is 2.14. The topological polar surface area (TPSA) is 48.1 Å². The van der Waals surface area contributed by atoms with Crippen molar-refractivity contribution in [1.29, 1.82) is 0 Å². The number of nitrogens with one attached hydrogen (secondary N) is 1. The van der Waals surface area contributed by atoms with Crippen molar-refractivity contribution in [1.82, 2.24) is 20.0 Å². The van der Waals surface area contributed by atoms with Gasteiger partial charge in [-0.15, -0.1) is 0 Å². The molecule has 18 heavy (non-hydrogen) atoms. The lowest BCUT2D eigenvalue weighted by atomic mass is 10.2. The van der Waals surface area contributed by atoms with Gasteiger partial charge in [0.1, 0.15) is 6.17 Å². The van der Waals surface area contributed by atoms with Gasteiger partial charge in [0.2, 0.25) is 0 Å². The van der Waals surface area contributed by atoms with Gasteiger partial charge in [-0.05, 0) is 14.0 Å². The zero-order chi connectivity index (χ0) is 13.0. The van der Waals surface area contributed by atoms with E-state index < -0.39 is 0 Å². The molecule has 2 fully saturated rings. The Kier molecular flexibility index (Phi) is 4.79. The van der Waals surface area contributed by atoms with Crippen LogP contribution in [0.15, 0.2) is 0 Å². The highest BCUT2D eigenvalue weighted by atomic mass is 16.6. The maximum Gasteiger partial charge on any atom is 0.411 e. The van der Waals surface area contributed by atoms with Crippen LogP contribution in [0.3, 0.4) is 0 Å². The molecular weight excluding hydrogens is 232 g/mol. The number of carbonyl (C=O) groups is 1. The van der Waals surface area contributed by atoms with E-state index in [4.69, 9.17) is 4.74 Å². The summed E-state index contributed by atoms with van der Waals surface area (Å²) >= 11 is 0. The van der Waals surface area contributed by atoms with Crippen LogP contribution in [-0.4, -0.2) is 86.4 Å². The molecule has 2 saturated heterocycles. The monoisotopic (exact) mass is 256 g/mol. The van der Waals surface area contributed by atoms with Crippen LogP contribution >= 0.6 is 0 Å². The van der Waals surface area contributed by atoms with Gasteiger partial charge >= 0.3 is 6.09 Å². The summed E-state index contributed by atoms with van der Waals surface area (Å²) < 4.78 is 5.15. The van der Waals surface area contributed by atoms with Crippen molar-refractivity contribution >= 4 is 6.09 Å². The molecule has 2 rings (SSSR count). The second-order valence-corrected chi connectivity index (χ2v) is 4.92. The fraction of sp³-hybridized carbons (Fsp3) is 0.917. The number of amides is 1. The lowest BCUT2D eigenvalue weighted by molar-refractivity contribution is -0.00274. The highest BCUT2D eigenvalue weighted by molar-refractivity contribution is 5.68. The molecule has 0 aromatic rings. The third-order valence-electron chi connectivity index (χ3n) is 3.68. The lowest BCUT2D eigenvalue weighted by Crippen LogP contribution is -2.63. The number of piperazine rings is 2. The van der Waals surface area contributed by atoms with E-state index in [9.17, 15) is 4.79 Å². The van der Waals surface area contributed by atoms with E-state index in [1.54, 1.807) is 0 Å². The Bertz CT molecular complexity index is 279. The van der Waals surface area contributed by atoms with Gasteiger partial charge in [-0.25, -0.2) is 4.79 Å². The fourth-order valence-corrected chi connectivity index (χ4v) is 2.56. The molecule has 6 nitrogen and oxygen atoms in total. The first-order valence-electron chi connectivity index (χ1n) is 6.79. The molecule has 0 aromatic carbocycles. The van der Waals surface area contributed by atoms with Crippen molar-refractivity contribution in [3.63, 3.8) is 0 Å². The summed E-state index contributed by atoms with van der Waals surface area (Å²) in [6.07, 6.45) is -0.0329. The summed E-state index contributed by atoms with van der Waals surface area (Å²) in [4.78, 5) is 18.5. The van der Waals surface area contributed by atoms with Crippen molar-refractivity contribution in [2.24, 2.45) is 0 Å². The molecule has 1 atom stereocenters. The maximum absolute atomic E-state index is 12.0. The predicted octanol–water partition coefficient (Wildman–Crippen LogP) is -0.378. The van der Waals surface area contributed by atoms with Gasteiger partial charge in [0.05, 0.1) is 6.61 Å². The van der Waals surface area contributed by atoms with Gasteiger partial charge in [-0.1, -0.05) is 0 Å². The van der Waals surface area contributed by atoms with Crippen LogP contribution in [0.25, 0.3) is 0 Å². The number of nitrogens with zero attached hydrogens (tertiary/aromatic N) is 3. The average Bonchev–Trinajstić information content (AvgIpc) is 2.40. The SMILES string of the molecule is CCOC(=O)N1CCNCC1N1CCN(C)CC1. The quantitative estimate of drug-likeness (QED) is 0.730. The molecule has 1 unspecified atom stereocenters. The van der Waals surface area contributed by atoms with Crippen LogP contribution < -0.4 is 5.32 Å². The van der Waals surface area contributed by atoms with Crippen molar-refractivity contribution in [2.75, 3.05) is 59.5 Å². The molecular formula is C12H24N4O2. The number of hydrogen-bond donors (Lipinski definition) is 1. The van der Waals surface area contributed by atoms with E-state index in [1.165, 1.54) is 0 Å². The van der Waals surface area contributed by atoms with Crippen LogP contribution in [0, 0.1) is 0 Å². The van der Waals surface area contributed by atoms with Crippen LogP contribution in [0.5, 0.6) is 0 Å². The second-order valence-electron chi connectivity index (χ2n) is 4.92. The molecule has 0 aromatic heterocycles. The minimum absolute atomic E-state index is 0.145. The Morgan fingerprint density at radius 2 is 2.00 bits per heavy atom. The van der Waals surface area contributed by atoms with Crippen LogP contribution in [-0.2, 0) is 4.74 Å². The highest BCUT2D eigenvalue weighted by Crippen LogP contribution is 2.13. The normalized spacial score (nSPS) is 27.2. The lowest BCUT2D eigenvalue weighted by Gasteiger charge is -2.44. The van der Waals surface area contributed by atoms with Gasteiger partial charge in [0.15, 0.2) is 0 Å². The van der Waals surface area contributed by atoms with Crippen molar-refractivity contribution < 1.29 is 9.53 Å². The molecule has 6 heteroatoms. The van der Waals surface area contributed by atoms with Gasteiger partial charge in [0, 0.05) is 45.8 Å². The first kappa shape index (κ1) is 13.6. The zero-order valence-corrected chi connectivity index (χ0v) is 11.4. The van der Waals surface area contributed by atoms with Crippen molar-refractivity contribution in [3.8, 4) is 0 Å². The molecule has 2 heterocycles. The molecule has 0 saturated carbocycles. The van der Waals surface area contributed by atoms with E-state index in [0.717, 1.165) is 45.8 Å². The van der Waals surface area contributed by atoms with Crippen molar-refractivity contribution in [2.45, 2.75) is 13.1 Å². The minimum atomic E-state index is -0.178. The van der Waals surface area contributed by atoms with E-state index in [1.807, 2.05) is 11.8 Å². The number of ether oxygens (including phenoxy) is 1. The van der Waals surface area contributed by atoms with Gasteiger partial charge in [0.25, 0.3) is 0 Å². The Balaban J connectivity index is 1.96. The Labute approximate surface area is 109 Å². The molecule has 1 N–H and O–H groups in total. The first-order valence-corrected chi connectivity index (χ1v) is 6.79. The molecule has 104 valence electrons. The number of carbonyl (C=O) groups excluding carboxylic acids is 1. The number of hydrogen-bond acceptors (Lipinski definition) is 5. The maximum atomic E-state index is 12.0. The zero-order valence-electron chi connectivity index (χ0n) is 11.4. The molecule has 0 bridgehead atoms. The minimum Gasteiger partial charge on any atom is -0.450 e. The largest absolute Gasteiger partial charge is 0.450 e. The Morgan fingerprint density at radius 3 is 2.67 bits per heavy atom. The molecule has 2 aliphatic heterocycles. The summed E-state index contributed by atoms with van der Waals surface area (Å²) in [6.45, 7) is 8.86. The Morgan fingerprint density at radius 1 is 1.28 bits per heavy atom. The fourth-order valence-electron chi connectivity index (χ4n) is 2.56. The number of likely N-dealkylation sites (N-methyl/N-ethyl adjacent to an activating group) is 1. The van der Waals surface area contributed by atoms with Crippen LogP contribution in [0.4, 0.5) is 4.79 Å². The smallest absolute Gasteiger partial charge is 0.411 e.